The minimum Gasteiger partial charge on any atom is -0.483 e. The number of carbonyl (C=O) groups excluding carboxylic acids is 2. The molecule has 3 aromatic carbocycles. The second-order valence-corrected chi connectivity index (χ2v) is 7.89. The van der Waals surface area contributed by atoms with Crippen LogP contribution in [0.4, 0.5) is 15.8 Å². The lowest BCUT2D eigenvalue weighted by Crippen LogP contribution is -2.20. The van der Waals surface area contributed by atoms with Crippen molar-refractivity contribution in [2.45, 2.75) is 13.8 Å². The second-order valence-electron chi connectivity index (χ2n) is 7.45. The lowest BCUT2D eigenvalue weighted by Gasteiger charge is -2.11. The molecule has 0 saturated heterocycles. The van der Waals surface area contributed by atoms with Crippen molar-refractivity contribution in [3.8, 4) is 11.8 Å². The van der Waals surface area contributed by atoms with Crippen molar-refractivity contribution in [2.24, 2.45) is 0 Å². The first-order chi connectivity index (χ1) is 16.2. The Balaban J connectivity index is 1.73. The molecule has 172 valence electrons. The number of nitrogens with one attached hydrogen (secondary N) is 2. The van der Waals surface area contributed by atoms with Crippen molar-refractivity contribution in [3.63, 3.8) is 0 Å². The Morgan fingerprint density at radius 1 is 1.00 bits per heavy atom. The molecule has 0 atom stereocenters. The first-order valence-corrected chi connectivity index (χ1v) is 10.6. The highest BCUT2D eigenvalue weighted by molar-refractivity contribution is 6.30. The number of carbonyl (C=O) groups is 2. The number of ether oxygens (including phenoxy) is 1. The molecule has 34 heavy (non-hydrogen) atoms. The van der Waals surface area contributed by atoms with Crippen LogP contribution in [0.5, 0.6) is 5.75 Å². The van der Waals surface area contributed by atoms with Gasteiger partial charge in [0.25, 0.3) is 11.8 Å². The van der Waals surface area contributed by atoms with Crippen molar-refractivity contribution in [1.29, 1.82) is 5.26 Å². The van der Waals surface area contributed by atoms with Gasteiger partial charge in [0.1, 0.15) is 23.2 Å². The molecule has 0 saturated carbocycles. The molecule has 0 aromatic heterocycles. The molecule has 0 aliphatic rings. The van der Waals surface area contributed by atoms with Gasteiger partial charge < -0.3 is 15.4 Å². The third-order valence-corrected chi connectivity index (χ3v) is 5.12. The van der Waals surface area contributed by atoms with Gasteiger partial charge in [-0.3, -0.25) is 9.59 Å². The predicted octanol–water partition coefficient (Wildman–Crippen LogP) is 5.66. The SMILES string of the molecule is Cc1ccc(NC(=O)COc2ccc(Cl)cc2/C=C(\C#N)C(=O)Nc2ccc(F)cc2)cc1C. The Morgan fingerprint density at radius 3 is 2.38 bits per heavy atom. The van der Waals surface area contributed by atoms with Gasteiger partial charge in [-0.25, -0.2) is 4.39 Å². The average Bonchev–Trinajstić information content (AvgIpc) is 2.80. The molecule has 8 heteroatoms. The van der Waals surface area contributed by atoms with Crippen LogP contribution in [0.3, 0.4) is 0 Å². The molecule has 3 rings (SSSR count). The zero-order chi connectivity index (χ0) is 24.7. The van der Waals surface area contributed by atoms with Gasteiger partial charge in [-0.1, -0.05) is 17.7 Å². The van der Waals surface area contributed by atoms with Crippen LogP contribution in [0.25, 0.3) is 6.08 Å². The molecule has 3 aromatic rings. The fourth-order valence-corrected chi connectivity index (χ4v) is 3.14. The summed E-state index contributed by atoms with van der Waals surface area (Å²) in [6.07, 6.45) is 1.31. The number of halogens is 2. The summed E-state index contributed by atoms with van der Waals surface area (Å²) in [6, 6.07) is 17.2. The van der Waals surface area contributed by atoms with Crippen LogP contribution in [0.1, 0.15) is 16.7 Å². The Morgan fingerprint density at radius 2 is 1.71 bits per heavy atom. The van der Waals surface area contributed by atoms with Crippen molar-refractivity contribution in [3.05, 3.63) is 93.8 Å². The molecule has 0 aliphatic heterocycles. The van der Waals surface area contributed by atoms with Crippen LogP contribution < -0.4 is 15.4 Å². The predicted molar refractivity (Wildman–Crippen MR) is 130 cm³/mol. The van der Waals surface area contributed by atoms with Crippen molar-refractivity contribution >= 4 is 40.9 Å². The van der Waals surface area contributed by atoms with E-state index in [1.807, 2.05) is 32.0 Å². The maximum atomic E-state index is 13.1. The third-order valence-electron chi connectivity index (χ3n) is 4.89. The maximum absolute atomic E-state index is 13.1. The van der Waals surface area contributed by atoms with E-state index >= 15 is 0 Å². The molecule has 2 amide bonds. The fourth-order valence-electron chi connectivity index (χ4n) is 2.96. The molecule has 0 unspecified atom stereocenters. The Labute approximate surface area is 201 Å². The molecule has 0 aliphatic carbocycles. The molecular weight excluding hydrogens is 457 g/mol. The number of benzene rings is 3. The monoisotopic (exact) mass is 477 g/mol. The lowest BCUT2D eigenvalue weighted by molar-refractivity contribution is -0.118. The molecule has 0 spiro atoms. The molecular formula is C26H21ClFN3O3. The quantitative estimate of drug-likeness (QED) is 0.339. The van der Waals surface area contributed by atoms with Gasteiger partial charge in [0.05, 0.1) is 0 Å². The molecule has 0 radical (unpaired) electrons. The fraction of sp³-hybridized carbons (Fsp3) is 0.115. The van der Waals surface area contributed by atoms with Gasteiger partial charge in [0.15, 0.2) is 6.61 Å². The van der Waals surface area contributed by atoms with E-state index in [9.17, 15) is 19.2 Å². The van der Waals surface area contributed by atoms with Crippen LogP contribution in [0, 0.1) is 31.0 Å². The normalized spacial score (nSPS) is 10.9. The van der Waals surface area contributed by atoms with Crippen LogP contribution >= 0.6 is 11.6 Å². The average molecular weight is 478 g/mol. The summed E-state index contributed by atoms with van der Waals surface area (Å²) in [5.41, 5.74) is 3.26. The molecule has 0 heterocycles. The zero-order valence-corrected chi connectivity index (χ0v) is 19.2. The minimum absolute atomic E-state index is 0.226. The Bertz CT molecular complexity index is 1300. The number of rotatable bonds is 7. The number of amides is 2. The molecule has 6 nitrogen and oxygen atoms in total. The van der Waals surface area contributed by atoms with Crippen molar-refractivity contribution in [1.82, 2.24) is 0 Å². The number of nitrogens with zero attached hydrogens (tertiary/aromatic N) is 1. The summed E-state index contributed by atoms with van der Waals surface area (Å²) >= 11 is 6.08. The number of aryl methyl sites for hydroxylation is 2. The van der Waals surface area contributed by atoms with Gasteiger partial charge in [-0.15, -0.1) is 0 Å². The van der Waals surface area contributed by atoms with Gasteiger partial charge in [0.2, 0.25) is 0 Å². The summed E-state index contributed by atoms with van der Waals surface area (Å²) in [4.78, 5) is 24.9. The summed E-state index contributed by atoms with van der Waals surface area (Å²) in [7, 11) is 0. The van der Waals surface area contributed by atoms with E-state index in [4.69, 9.17) is 16.3 Å². The van der Waals surface area contributed by atoms with E-state index in [1.165, 1.54) is 36.4 Å². The second kappa shape index (κ2) is 11.1. The summed E-state index contributed by atoms with van der Waals surface area (Å²) < 4.78 is 18.7. The van der Waals surface area contributed by atoms with Gasteiger partial charge in [0, 0.05) is 22.0 Å². The smallest absolute Gasteiger partial charge is 0.266 e. The lowest BCUT2D eigenvalue weighted by atomic mass is 10.1. The van der Waals surface area contributed by atoms with Gasteiger partial charge in [-0.05, 0) is 85.6 Å². The first-order valence-electron chi connectivity index (χ1n) is 10.2. The van der Waals surface area contributed by atoms with Crippen molar-refractivity contribution in [2.75, 3.05) is 17.2 Å². The zero-order valence-electron chi connectivity index (χ0n) is 18.5. The third kappa shape index (κ3) is 6.67. The van der Waals surface area contributed by atoms with Crippen LogP contribution in [0.2, 0.25) is 5.02 Å². The van der Waals surface area contributed by atoms with Gasteiger partial charge >= 0.3 is 0 Å². The van der Waals surface area contributed by atoms with E-state index in [-0.39, 0.29) is 23.8 Å². The van der Waals surface area contributed by atoms with Crippen LogP contribution in [-0.2, 0) is 9.59 Å². The number of anilines is 2. The van der Waals surface area contributed by atoms with E-state index in [0.717, 1.165) is 11.1 Å². The summed E-state index contributed by atoms with van der Waals surface area (Å²) in [6.45, 7) is 3.64. The largest absolute Gasteiger partial charge is 0.483 e. The van der Waals surface area contributed by atoms with Crippen molar-refractivity contribution < 1.29 is 18.7 Å². The molecule has 0 fully saturated rings. The standard InChI is InChI=1S/C26H21ClFN3O3/c1-16-3-7-23(11-17(16)2)30-25(32)15-34-24-10-4-20(27)13-18(24)12-19(14-29)26(33)31-22-8-5-21(28)6-9-22/h3-13H,15H2,1-2H3,(H,30,32)(H,31,33)/b19-12+. The number of nitriles is 1. The Kier molecular flexibility index (Phi) is 8.01. The topological polar surface area (TPSA) is 91.2 Å². The molecule has 2 N–H and O–H groups in total. The first kappa shape index (κ1) is 24.5. The minimum atomic E-state index is -0.687. The number of hydrogen-bond donors (Lipinski definition) is 2. The van der Waals surface area contributed by atoms with E-state index in [0.29, 0.717) is 22.0 Å². The van der Waals surface area contributed by atoms with Crippen LogP contribution in [0.15, 0.2) is 66.2 Å². The van der Waals surface area contributed by atoms with Gasteiger partial charge in [-0.2, -0.15) is 5.26 Å². The van der Waals surface area contributed by atoms with Crippen LogP contribution in [-0.4, -0.2) is 18.4 Å². The van der Waals surface area contributed by atoms with E-state index in [1.54, 1.807) is 18.2 Å². The Hall–Kier alpha value is -4.15. The summed E-state index contributed by atoms with van der Waals surface area (Å²) in [5.74, 6) is -1.24. The highest BCUT2D eigenvalue weighted by Gasteiger charge is 2.13. The highest BCUT2D eigenvalue weighted by Crippen LogP contribution is 2.26. The van der Waals surface area contributed by atoms with E-state index < -0.39 is 11.7 Å². The summed E-state index contributed by atoms with van der Waals surface area (Å²) in [5, 5.41) is 15.1. The van der Waals surface area contributed by atoms with E-state index in [2.05, 4.69) is 10.6 Å². The number of hydrogen-bond acceptors (Lipinski definition) is 4. The maximum Gasteiger partial charge on any atom is 0.266 e. The highest BCUT2D eigenvalue weighted by atomic mass is 35.5. The molecule has 0 bridgehead atoms.